The van der Waals surface area contributed by atoms with E-state index in [1.165, 1.54) is 0 Å². The van der Waals surface area contributed by atoms with Gasteiger partial charge in [0.15, 0.2) is 0 Å². The van der Waals surface area contributed by atoms with Crippen molar-refractivity contribution in [1.82, 2.24) is 4.31 Å². The number of hydrogen-bond donors (Lipinski definition) is 1. The number of carboxylic acid groups (broad SMARTS) is 1. The van der Waals surface area contributed by atoms with E-state index in [2.05, 4.69) is 0 Å². The monoisotopic (exact) mass is 326 g/mol. The van der Waals surface area contributed by atoms with Gasteiger partial charge in [-0.25, -0.2) is 12.8 Å². The van der Waals surface area contributed by atoms with Gasteiger partial charge in [0, 0.05) is 12.6 Å². The highest BCUT2D eigenvalue weighted by molar-refractivity contribution is 7.89. The number of benzene rings is 1. The van der Waals surface area contributed by atoms with Gasteiger partial charge < -0.3 is 5.11 Å². The highest BCUT2D eigenvalue weighted by Crippen LogP contribution is 2.29. The molecule has 118 valence electrons. The number of carbonyl (C=O) groups is 1. The number of nitrogens with zero attached hydrogens (tertiary/aromatic N) is 2. The van der Waals surface area contributed by atoms with Crippen LogP contribution in [0.1, 0.15) is 25.3 Å². The van der Waals surface area contributed by atoms with Crippen LogP contribution in [0.5, 0.6) is 0 Å². The van der Waals surface area contributed by atoms with Gasteiger partial charge in [-0.15, -0.1) is 0 Å². The molecule has 0 bridgehead atoms. The van der Waals surface area contributed by atoms with Crippen molar-refractivity contribution < 1.29 is 22.7 Å². The molecule has 1 fully saturated rings. The van der Waals surface area contributed by atoms with E-state index >= 15 is 0 Å². The van der Waals surface area contributed by atoms with Gasteiger partial charge in [0.1, 0.15) is 11.9 Å². The molecule has 0 amide bonds. The summed E-state index contributed by atoms with van der Waals surface area (Å²) in [6, 6.07) is 3.88. The molecular weight excluding hydrogens is 311 g/mol. The Morgan fingerprint density at radius 1 is 1.50 bits per heavy atom. The average Bonchev–Trinajstić information content (AvgIpc) is 2.47. The highest BCUT2D eigenvalue weighted by atomic mass is 32.2. The molecule has 1 N–H and O–H groups in total. The molecule has 0 aliphatic carbocycles. The lowest BCUT2D eigenvalue weighted by atomic mass is 9.92. The first-order valence-electron chi connectivity index (χ1n) is 6.73. The molecule has 0 radical (unpaired) electrons. The van der Waals surface area contributed by atoms with Crippen molar-refractivity contribution in [2.45, 2.75) is 30.7 Å². The summed E-state index contributed by atoms with van der Waals surface area (Å²) < 4.78 is 39.7. The van der Waals surface area contributed by atoms with Crippen LogP contribution in [0.25, 0.3) is 0 Å². The van der Waals surface area contributed by atoms with E-state index in [-0.39, 0.29) is 17.0 Å². The Balaban J connectivity index is 2.42. The van der Waals surface area contributed by atoms with Crippen LogP contribution in [0.3, 0.4) is 0 Å². The summed E-state index contributed by atoms with van der Waals surface area (Å²) in [6.45, 7) is 1.75. The van der Waals surface area contributed by atoms with Crippen LogP contribution in [-0.2, 0) is 14.8 Å². The number of nitriles is 1. The van der Waals surface area contributed by atoms with Crippen molar-refractivity contribution >= 4 is 16.0 Å². The Kier molecular flexibility index (Phi) is 4.49. The van der Waals surface area contributed by atoms with E-state index in [0.29, 0.717) is 12.8 Å². The fourth-order valence-electron chi connectivity index (χ4n) is 2.67. The van der Waals surface area contributed by atoms with Crippen LogP contribution >= 0.6 is 0 Å². The number of piperidine rings is 1. The largest absolute Gasteiger partial charge is 0.481 e. The summed E-state index contributed by atoms with van der Waals surface area (Å²) in [5, 5.41) is 18.0. The number of hydrogen-bond acceptors (Lipinski definition) is 4. The lowest BCUT2D eigenvalue weighted by Gasteiger charge is -2.36. The first-order chi connectivity index (χ1) is 10.3. The Hall–Kier alpha value is -1.98. The number of aliphatic carboxylic acids is 1. The van der Waals surface area contributed by atoms with E-state index in [1.807, 2.05) is 0 Å². The summed E-state index contributed by atoms with van der Waals surface area (Å²) in [4.78, 5) is 11.0. The molecule has 1 aliphatic heterocycles. The predicted molar refractivity (Wildman–Crippen MR) is 74.8 cm³/mol. The van der Waals surface area contributed by atoms with Crippen LogP contribution in [0, 0.1) is 23.1 Å². The van der Waals surface area contributed by atoms with Crippen LogP contribution in [0.4, 0.5) is 4.39 Å². The summed E-state index contributed by atoms with van der Waals surface area (Å²) in [7, 11) is -3.97. The second-order valence-corrected chi connectivity index (χ2v) is 7.09. The molecule has 22 heavy (non-hydrogen) atoms. The maximum absolute atomic E-state index is 13.3. The Bertz CT molecular complexity index is 742. The van der Waals surface area contributed by atoms with Gasteiger partial charge in [-0.2, -0.15) is 9.57 Å². The standard InChI is InChI=1S/C14H15FN2O4S/c1-9-12(14(18)19)3-2-6-17(9)22(20,21)11-4-5-13(15)10(7-11)8-16/h4-5,7,9,12H,2-3,6H2,1H3,(H,18,19)/t9-,12-/m1/s1. The molecule has 8 heteroatoms. The van der Waals surface area contributed by atoms with Crippen molar-refractivity contribution in [1.29, 1.82) is 5.26 Å². The first kappa shape index (κ1) is 16.4. The third-order valence-electron chi connectivity index (χ3n) is 3.91. The molecule has 0 aromatic heterocycles. The molecule has 0 unspecified atom stereocenters. The second-order valence-electron chi connectivity index (χ2n) is 5.20. The number of carboxylic acids is 1. The summed E-state index contributed by atoms with van der Waals surface area (Å²) in [5.41, 5.74) is -0.361. The lowest BCUT2D eigenvalue weighted by Crippen LogP contribution is -2.49. The normalized spacial score (nSPS) is 23.0. The lowest BCUT2D eigenvalue weighted by molar-refractivity contribution is -0.144. The maximum atomic E-state index is 13.3. The Labute approximate surface area is 127 Å². The topological polar surface area (TPSA) is 98.5 Å². The zero-order valence-corrected chi connectivity index (χ0v) is 12.7. The Morgan fingerprint density at radius 3 is 2.77 bits per heavy atom. The van der Waals surface area contributed by atoms with E-state index in [0.717, 1.165) is 22.5 Å². The number of sulfonamides is 1. The predicted octanol–water partition coefficient (Wildman–Crippen LogP) is 1.57. The van der Waals surface area contributed by atoms with Crippen LogP contribution < -0.4 is 0 Å². The summed E-state index contributed by atoms with van der Waals surface area (Å²) in [5.74, 6) is -2.61. The zero-order valence-electron chi connectivity index (χ0n) is 11.9. The van der Waals surface area contributed by atoms with Crippen molar-refractivity contribution in [3.8, 4) is 6.07 Å². The fourth-order valence-corrected chi connectivity index (χ4v) is 4.40. The summed E-state index contributed by atoms with van der Waals surface area (Å²) >= 11 is 0. The van der Waals surface area contributed by atoms with E-state index in [9.17, 15) is 17.6 Å². The average molecular weight is 326 g/mol. The molecule has 2 rings (SSSR count). The van der Waals surface area contributed by atoms with Gasteiger partial charge in [0.25, 0.3) is 0 Å². The molecular formula is C14H15FN2O4S. The SMILES string of the molecule is C[C@@H]1[C@H](C(=O)O)CCCN1S(=O)(=O)c1ccc(F)c(C#N)c1. The minimum Gasteiger partial charge on any atom is -0.481 e. The van der Waals surface area contributed by atoms with Gasteiger partial charge in [-0.05, 0) is 38.0 Å². The molecule has 1 saturated heterocycles. The van der Waals surface area contributed by atoms with Crippen molar-refractivity contribution in [2.24, 2.45) is 5.92 Å². The van der Waals surface area contributed by atoms with Gasteiger partial charge in [-0.1, -0.05) is 0 Å². The van der Waals surface area contributed by atoms with E-state index in [4.69, 9.17) is 10.4 Å². The molecule has 0 saturated carbocycles. The molecule has 6 nitrogen and oxygen atoms in total. The molecule has 1 aromatic rings. The molecule has 1 aromatic carbocycles. The van der Waals surface area contributed by atoms with Crippen LogP contribution in [0.15, 0.2) is 23.1 Å². The smallest absolute Gasteiger partial charge is 0.308 e. The van der Waals surface area contributed by atoms with Gasteiger partial charge >= 0.3 is 5.97 Å². The minimum atomic E-state index is -3.97. The van der Waals surface area contributed by atoms with Crippen molar-refractivity contribution in [2.75, 3.05) is 6.54 Å². The Morgan fingerprint density at radius 2 is 2.18 bits per heavy atom. The van der Waals surface area contributed by atoms with Gasteiger partial charge in [0.05, 0.1) is 16.4 Å². The summed E-state index contributed by atoms with van der Waals surface area (Å²) in [6.07, 6.45) is 0.849. The van der Waals surface area contributed by atoms with E-state index < -0.39 is 33.8 Å². The molecule has 1 aliphatic rings. The fraction of sp³-hybridized carbons (Fsp3) is 0.429. The highest BCUT2D eigenvalue weighted by Gasteiger charge is 2.39. The van der Waals surface area contributed by atoms with Crippen LogP contribution in [0.2, 0.25) is 0 Å². The second kappa shape index (κ2) is 6.02. The van der Waals surface area contributed by atoms with Gasteiger partial charge in [-0.3, -0.25) is 4.79 Å². The third-order valence-corrected chi connectivity index (χ3v) is 5.89. The zero-order chi connectivity index (χ0) is 16.5. The van der Waals surface area contributed by atoms with Crippen LogP contribution in [-0.4, -0.2) is 36.4 Å². The van der Waals surface area contributed by atoms with Crippen molar-refractivity contribution in [3.05, 3.63) is 29.6 Å². The number of halogens is 1. The minimum absolute atomic E-state index is 0.201. The first-order valence-corrected chi connectivity index (χ1v) is 8.17. The maximum Gasteiger partial charge on any atom is 0.308 e. The molecule has 0 spiro atoms. The van der Waals surface area contributed by atoms with E-state index in [1.54, 1.807) is 13.0 Å². The molecule has 2 atom stereocenters. The number of rotatable bonds is 3. The van der Waals surface area contributed by atoms with Gasteiger partial charge in [0.2, 0.25) is 10.0 Å². The van der Waals surface area contributed by atoms with Crippen molar-refractivity contribution in [3.63, 3.8) is 0 Å². The quantitative estimate of drug-likeness (QED) is 0.909. The third kappa shape index (κ3) is 2.82. The molecule has 1 heterocycles.